The normalized spacial score (nSPS) is 21.7. The first kappa shape index (κ1) is 20.8. The monoisotopic (exact) mass is 454 g/mol. The number of hydrogen-bond acceptors (Lipinski definition) is 7. The van der Waals surface area contributed by atoms with Gasteiger partial charge in [-0.25, -0.2) is 14.4 Å². The number of carbonyl (C=O) groups is 2. The summed E-state index contributed by atoms with van der Waals surface area (Å²) in [4.78, 5) is 51.0. The zero-order valence-corrected chi connectivity index (χ0v) is 17.5. The van der Waals surface area contributed by atoms with E-state index in [2.05, 4.69) is 27.0 Å². The molecular formula is C21H19FN6O5. The van der Waals surface area contributed by atoms with Gasteiger partial charge in [0, 0.05) is 6.20 Å². The molecule has 0 bridgehead atoms. The number of ether oxygens (including phenoxy) is 1. The number of carbonyl (C=O) groups excluding carboxylic acids is 2. The van der Waals surface area contributed by atoms with Crippen molar-refractivity contribution < 1.29 is 23.8 Å². The maximum absolute atomic E-state index is 13.4. The van der Waals surface area contributed by atoms with Crippen LogP contribution in [0.1, 0.15) is 33.6 Å². The van der Waals surface area contributed by atoms with Gasteiger partial charge in [0.15, 0.2) is 11.4 Å². The molecule has 2 atom stereocenters. The number of benzene rings is 1. The number of imidazole rings is 1. The maximum atomic E-state index is 13.4. The lowest BCUT2D eigenvalue weighted by molar-refractivity contribution is -0.0821. The first-order chi connectivity index (χ1) is 15.7. The van der Waals surface area contributed by atoms with Gasteiger partial charge in [-0.05, 0) is 31.8 Å². The molecule has 12 heteroatoms. The Morgan fingerprint density at radius 2 is 2.27 bits per heavy atom. The van der Waals surface area contributed by atoms with E-state index in [4.69, 9.17) is 4.74 Å². The van der Waals surface area contributed by atoms with Crippen LogP contribution < -0.4 is 10.7 Å². The molecule has 2 aromatic heterocycles. The third-order valence-electron chi connectivity index (χ3n) is 5.83. The van der Waals surface area contributed by atoms with Crippen LogP contribution in [0.4, 0.5) is 4.39 Å². The Bertz CT molecular complexity index is 1400. The number of aromatic nitrogens is 3. The zero-order valence-electron chi connectivity index (χ0n) is 17.5. The Hall–Kier alpha value is -4.06. The molecular weight excluding hydrogens is 435 g/mol. The molecule has 3 aromatic rings. The topological polar surface area (TPSA) is 142 Å². The molecule has 2 aliphatic rings. The number of aromatic amines is 1. The number of pyridine rings is 1. The summed E-state index contributed by atoms with van der Waals surface area (Å²) in [5, 5.41) is 13.1. The van der Waals surface area contributed by atoms with E-state index in [0.29, 0.717) is 16.9 Å². The summed E-state index contributed by atoms with van der Waals surface area (Å²) in [7, 11) is 0. The number of rotatable bonds is 4. The van der Waals surface area contributed by atoms with Gasteiger partial charge >= 0.3 is 0 Å². The number of fused-ring (bicyclic) bond motifs is 3. The molecule has 3 N–H and O–H groups in total. The van der Waals surface area contributed by atoms with Gasteiger partial charge in [-0.1, -0.05) is 0 Å². The van der Waals surface area contributed by atoms with Crippen molar-refractivity contribution in [2.24, 2.45) is 4.99 Å². The molecule has 0 spiro atoms. The van der Waals surface area contributed by atoms with Gasteiger partial charge in [-0.3, -0.25) is 19.3 Å². The number of nitrogens with one attached hydrogen (secondary N) is 2. The van der Waals surface area contributed by atoms with Gasteiger partial charge in [0.2, 0.25) is 5.43 Å². The van der Waals surface area contributed by atoms with Gasteiger partial charge < -0.3 is 24.7 Å². The molecule has 0 saturated carbocycles. The van der Waals surface area contributed by atoms with E-state index >= 15 is 0 Å². The lowest BCUT2D eigenvalue weighted by Crippen LogP contribution is -2.57. The summed E-state index contributed by atoms with van der Waals surface area (Å²) in [6.45, 7) is 5.35. The summed E-state index contributed by atoms with van der Waals surface area (Å²) in [6, 6.07) is 3.70. The Morgan fingerprint density at radius 3 is 3.03 bits per heavy atom. The highest BCUT2D eigenvalue weighted by Crippen LogP contribution is 2.37. The number of H-pyrrole nitrogens is 1. The molecule has 0 unspecified atom stereocenters. The van der Waals surface area contributed by atoms with Gasteiger partial charge in [0.25, 0.3) is 17.7 Å². The van der Waals surface area contributed by atoms with Crippen LogP contribution in [0.25, 0.3) is 11.0 Å². The predicted octanol–water partition coefficient (Wildman–Crippen LogP) is 0.728. The second kappa shape index (κ2) is 7.24. The van der Waals surface area contributed by atoms with Crippen molar-refractivity contribution >= 4 is 29.6 Å². The van der Waals surface area contributed by atoms with Crippen molar-refractivity contribution in [3.63, 3.8) is 0 Å². The second-order valence-corrected chi connectivity index (χ2v) is 7.96. The highest BCUT2D eigenvalue weighted by molar-refractivity contribution is 5.99. The fourth-order valence-corrected chi connectivity index (χ4v) is 4.27. The molecule has 2 aliphatic heterocycles. The van der Waals surface area contributed by atoms with E-state index < -0.39 is 34.7 Å². The lowest BCUT2D eigenvalue weighted by Gasteiger charge is -2.40. The third kappa shape index (κ3) is 3.09. The molecule has 2 amide bonds. The predicted molar refractivity (Wildman–Crippen MR) is 113 cm³/mol. The molecule has 4 heterocycles. The highest BCUT2D eigenvalue weighted by Gasteiger charge is 2.53. The van der Waals surface area contributed by atoms with Gasteiger partial charge in [-0.15, -0.1) is 0 Å². The van der Waals surface area contributed by atoms with Crippen LogP contribution in [0.3, 0.4) is 0 Å². The van der Waals surface area contributed by atoms with Crippen LogP contribution in [0.2, 0.25) is 0 Å². The minimum atomic E-state index is -1.39. The Balaban J connectivity index is 1.45. The molecule has 1 fully saturated rings. The average molecular weight is 454 g/mol. The van der Waals surface area contributed by atoms with E-state index in [0.717, 1.165) is 0 Å². The number of nitrogens with zero attached hydrogens (tertiary/aromatic N) is 4. The van der Waals surface area contributed by atoms with Gasteiger partial charge in [0.05, 0.1) is 36.8 Å². The quantitative estimate of drug-likeness (QED) is 0.496. The molecule has 0 radical (unpaired) electrons. The summed E-state index contributed by atoms with van der Waals surface area (Å²) in [5.41, 5.74) is -0.618. The number of hydrogen-bond donors (Lipinski definition) is 3. The van der Waals surface area contributed by atoms with Crippen molar-refractivity contribution in [2.45, 2.75) is 31.9 Å². The average Bonchev–Trinajstić information content (AvgIpc) is 3.35. The highest BCUT2D eigenvalue weighted by atomic mass is 19.1. The van der Waals surface area contributed by atoms with Crippen LogP contribution in [-0.4, -0.2) is 61.6 Å². The van der Waals surface area contributed by atoms with E-state index in [9.17, 15) is 23.9 Å². The maximum Gasteiger partial charge on any atom is 0.278 e. The van der Waals surface area contributed by atoms with Crippen LogP contribution in [0.15, 0.2) is 34.2 Å². The molecule has 0 aliphatic carbocycles. The summed E-state index contributed by atoms with van der Waals surface area (Å²) < 4.78 is 20.3. The minimum absolute atomic E-state index is 0.0504. The van der Waals surface area contributed by atoms with Crippen molar-refractivity contribution in [3.8, 4) is 5.75 Å². The van der Waals surface area contributed by atoms with Crippen LogP contribution in [0.5, 0.6) is 5.75 Å². The minimum Gasteiger partial charge on any atom is -0.503 e. The Kier molecular flexibility index (Phi) is 4.57. The Morgan fingerprint density at radius 1 is 1.48 bits per heavy atom. The SMILES string of the molecule is C=N[C@@]12Cn3cc(C(=O)NCc4nc5ccc(F)cc5[nH]4)c(=O)c(O)c3C(=O)N1[C@@H](C)CO2. The number of aromatic hydroxyl groups is 1. The summed E-state index contributed by atoms with van der Waals surface area (Å²) in [6.07, 6.45) is 1.19. The van der Waals surface area contributed by atoms with E-state index in [1.165, 1.54) is 33.9 Å². The van der Waals surface area contributed by atoms with Gasteiger partial charge in [0.1, 0.15) is 17.2 Å². The van der Waals surface area contributed by atoms with E-state index in [1.54, 1.807) is 6.92 Å². The van der Waals surface area contributed by atoms with Crippen molar-refractivity contribution in [2.75, 3.05) is 6.61 Å². The molecule has 11 nitrogen and oxygen atoms in total. The molecule has 170 valence electrons. The zero-order chi connectivity index (χ0) is 23.5. The van der Waals surface area contributed by atoms with Crippen LogP contribution in [-0.2, 0) is 17.8 Å². The second-order valence-electron chi connectivity index (χ2n) is 7.96. The Labute approximate surface area is 185 Å². The van der Waals surface area contributed by atoms with Crippen molar-refractivity contribution in [1.82, 2.24) is 24.8 Å². The smallest absolute Gasteiger partial charge is 0.278 e. The fourth-order valence-electron chi connectivity index (χ4n) is 4.27. The van der Waals surface area contributed by atoms with Crippen molar-refractivity contribution in [1.29, 1.82) is 0 Å². The van der Waals surface area contributed by atoms with Crippen LogP contribution in [0, 0.1) is 5.82 Å². The van der Waals surface area contributed by atoms with Gasteiger partial charge in [-0.2, -0.15) is 0 Å². The largest absolute Gasteiger partial charge is 0.503 e. The van der Waals surface area contributed by atoms with Crippen LogP contribution >= 0.6 is 0 Å². The fraction of sp³-hybridized carbons (Fsp3) is 0.286. The number of amides is 2. The van der Waals surface area contributed by atoms with E-state index in [1.807, 2.05) is 0 Å². The molecule has 5 rings (SSSR count). The summed E-state index contributed by atoms with van der Waals surface area (Å²) >= 11 is 0. The number of halogens is 1. The molecule has 33 heavy (non-hydrogen) atoms. The first-order valence-electron chi connectivity index (χ1n) is 10.1. The number of aliphatic imine (C=N–C) groups is 1. The standard InChI is InChI=1S/C21H19FN6O5/c1-10-8-33-21(23-2)9-27-7-12(17(29)18(30)16(27)20(32)28(10)21)19(31)24-6-15-25-13-4-3-11(22)5-14(13)26-15/h3-5,7,10,30H,2,6,8-9H2,1H3,(H,24,31)(H,25,26)/t10-,21-/m0/s1. The third-order valence-corrected chi connectivity index (χ3v) is 5.83. The van der Waals surface area contributed by atoms with Crippen molar-refractivity contribution in [3.05, 3.63) is 57.5 Å². The molecule has 1 saturated heterocycles. The summed E-state index contributed by atoms with van der Waals surface area (Å²) in [5.74, 6) is -3.73. The first-order valence-corrected chi connectivity index (χ1v) is 10.1. The van der Waals surface area contributed by atoms with E-state index in [-0.39, 0.29) is 37.0 Å². The lowest BCUT2D eigenvalue weighted by atomic mass is 10.1. The molecule has 1 aromatic carbocycles.